The Hall–Kier alpha value is -1.63. The van der Waals surface area contributed by atoms with Crippen molar-refractivity contribution in [3.63, 3.8) is 0 Å². The minimum absolute atomic E-state index is 0.0524. The lowest BCUT2D eigenvalue weighted by Gasteiger charge is -2.35. The molecular formula is C15H20ClN3O3. The molecule has 1 aromatic rings. The summed E-state index contributed by atoms with van der Waals surface area (Å²) >= 11 is 5.95. The van der Waals surface area contributed by atoms with Gasteiger partial charge in [0.2, 0.25) is 11.8 Å². The first-order valence-corrected chi connectivity index (χ1v) is 7.44. The fraction of sp³-hybridized carbons (Fsp3) is 0.467. The zero-order chi connectivity index (χ0) is 16.1. The van der Waals surface area contributed by atoms with Gasteiger partial charge in [0, 0.05) is 31.8 Å². The molecule has 2 N–H and O–H groups in total. The highest BCUT2D eigenvalue weighted by Gasteiger charge is 2.29. The summed E-state index contributed by atoms with van der Waals surface area (Å²) in [5.74, 6) is -0.346. The van der Waals surface area contributed by atoms with Crippen molar-refractivity contribution < 1.29 is 14.3 Å². The highest BCUT2D eigenvalue weighted by atomic mass is 35.5. The number of piperazine rings is 1. The van der Waals surface area contributed by atoms with Crippen molar-refractivity contribution in [2.45, 2.75) is 12.6 Å². The summed E-state index contributed by atoms with van der Waals surface area (Å²) in [6, 6.07) is 6.68. The Balaban J connectivity index is 1.93. The smallest absolute Gasteiger partial charge is 0.242 e. The Bertz CT molecular complexity index is 553. The summed E-state index contributed by atoms with van der Waals surface area (Å²) in [6.45, 7) is 1.65. The van der Waals surface area contributed by atoms with Crippen molar-refractivity contribution in [3.8, 4) is 0 Å². The average Bonchev–Trinajstić information content (AvgIpc) is 2.49. The third kappa shape index (κ3) is 4.19. The van der Waals surface area contributed by atoms with Crippen LogP contribution in [0.15, 0.2) is 24.3 Å². The van der Waals surface area contributed by atoms with Gasteiger partial charge >= 0.3 is 0 Å². The van der Waals surface area contributed by atoms with Crippen molar-refractivity contribution in [2.75, 3.05) is 33.4 Å². The second-order valence-electron chi connectivity index (χ2n) is 5.27. The largest absolute Gasteiger partial charge is 0.383 e. The first kappa shape index (κ1) is 16.7. The van der Waals surface area contributed by atoms with Gasteiger partial charge in [-0.25, -0.2) is 0 Å². The van der Waals surface area contributed by atoms with Gasteiger partial charge < -0.3 is 20.3 Å². The number of amides is 2. The Kier molecular flexibility index (Phi) is 5.76. The van der Waals surface area contributed by atoms with Gasteiger partial charge in [-0.2, -0.15) is 0 Å². The summed E-state index contributed by atoms with van der Waals surface area (Å²) in [5, 5.41) is 0.643. The van der Waals surface area contributed by atoms with Crippen molar-refractivity contribution in [1.29, 1.82) is 0 Å². The molecule has 1 unspecified atom stereocenters. The van der Waals surface area contributed by atoms with Crippen LogP contribution in [0, 0.1) is 0 Å². The highest BCUT2D eigenvalue weighted by molar-refractivity contribution is 6.30. The van der Waals surface area contributed by atoms with Crippen molar-refractivity contribution in [2.24, 2.45) is 5.73 Å². The average molecular weight is 326 g/mol. The highest BCUT2D eigenvalue weighted by Crippen LogP contribution is 2.14. The summed E-state index contributed by atoms with van der Waals surface area (Å²) in [6.07, 6.45) is 0. The van der Waals surface area contributed by atoms with E-state index in [2.05, 4.69) is 0 Å². The molecule has 1 heterocycles. The number of rotatable bonds is 5. The van der Waals surface area contributed by atoms with Crippen LogP contribution in [0.4, 0.5) is 0 Å². The molecule has 7 heteroatoms. The first-order chi connectivity index (χ1) is 10.5. The van der Waals surface area contributed by atoms with E-state index in [-0.39, 0.29) is 25.0 Å². The number of nitrogens with zero attached hydrogens (tertiary/aromatic N) is 2. The number of nitrogens with two attached hydrogens (primary N) is 1. The number of halogens is 1. The van der Waals surface area contributed by atoms with Crippen LogP contribution in [0.2, 0.25) is 5.02 Å². The minimum Gasteiger partial charge on any atom is -0.383 e. The van der Waals surface area contributed by atoms with Gasteiger partial charge in [0.05, 0.1) is 13.2 Å². The lowest BCUT2D eigenvalue weighted by molar-refractivity contribution is -0.147. The summed E-state index contributed by atoms with van der Waals surface area (Å²) in [7, 11) is 1.49. The van der Waals surface area contributed by atoms with Crippen LogP contribution in [-0.2, 0) is 20.9 Å². The number of hydrogen-bond acceptors (Lipinski definition) is 4. The molecule has 1 aromatic carbocycles. The SMILES string of the molecule is COCC(N)C(=O)N1CCN(Cc2cccc(Cl)c2)C(=O)C1. The van der Waals surface area contributed by atoms with Crippen molar-refractivity contribution in [1.82, 2.24) is 9.80 Å². The van der Waals surface area contributed by atoms with E-state index in [1.54, 1.807) is 11.0 Å². The van der Waals surface area contributed by atoms with E-state index in [0.29, 0.717) is 24.7 Å². The van der Waals surface area contributed by atoms with E-state index in [9.17, 15) is 9.59 Å². The zero-order valence-corrected chi connectivity index (χ0v) is 13.3. The predicted molar refractivity (Wildman–Crippen MR) is 83.3 cm³/mol. The third-order valence-corrected chi connectivity index (χ3v) is 3.79. The molecule has 0 aliphatic carbocycles. The molecule has 1 aliphatic heterocycles. The Morgan fingerprint density at radius 3 is 2.86 bits per heavy atom. The molecule has 6 nitrogen and oxygen atoms in total. The lowest BCUT2D eigenvalue weighted by atomic mass is 10.2. The maximum absolute atomic E-state index is 12.2. The second-order valence-corrected chi connectivity index (χ2v) is 5.70. The molecule has 1 fully saturated rings. The number of carbonyl (C=O) groups is 2. The van der Waals surface area contributed by atoms with Gasteiger partial charge in [-0.3, -0.25) is 9.59 Å². The molecule has 0 bridgehead atoms. The van der Waals surface area contributed by atoms with Crippen molar-refractivity contribution in [3.05, 3.63) is 34.9 Å². The van der Waals surface area contributed by atoms with Crippen LogP contribution in [0.5, 0.6) is 0 Å². The van der Waals surface area contributed by atoms with Crippen LogP contribution in [0.1, 0.15) is 5.56 Å². The summed E-state index contributed by atoms with van der Waals surface area (Å²) < 4.78 is 4.87. The van der Waals surface area contributed by atoms with E-state index in [1.807, 2.05) is 18.2 Å². The van der Waals surface area contributed by atoms with E-state index in [0.717, 1.165) is 5.56 Å². The van der Waals surface area contributed by atoms with E-state index >= 15 is 0 Å². The van der Waals surface area contributed by atoms with Crippen LogP contribution in [0.25, 0.3) is 0 Å². The standard InChI is InChI=1S/C15H20ClN3O3/c1-22-10-13(17)15(21)19-6-5-18(14(20)9-19)8-11-3-2-4-12(16)7-11/h2-4,7,13H,5-6,8-10,17H2,1H3. The molecule has 1 atom stereocenters. The zero-order valence-electron chi connectivity index (χ0n) is 12.5. The fourth-order valence-corrected chi connectivity index (χ4v) is 2.62. The molecule has 1 saturated heterocycles. The lowest BCUT2D eigenvalue weighted by Crippen LogP contribution is -2.56. The van der Waals surface area contributed by atoms with E-state index in [1.165, 1.54) is 12.0 Å². The van der Waals surface area contributed by atoms with Crippen LogP contribution in [0.3, 0.4) is 0 Å². The normalized spacial score (nSPS) is 16.8. The van der Waals surface area contributed by atoms with Gasteiger partial charge in [-0.05, 0) is 17.7 Å². The third-order valence-electron chi connectivity index (χ3n) is 3.56. The summed E-state index contributed by atoms with van der Waals surface area (Å²) in [5.41, 5.74) is 6.69. The minimum atomic E-state index is -0.725. The first-order valence-electron chi connectivity index (χ1n) is 7.07. The van der Waals surface area contributed by atoms with Gasteiger partial charge in [-0.15, -0.1) is 0 Å². The van der Waals surface area contributed by atoms with E-state index in [4.69, 9.17) is 22.1 Å². The maximum atomic E-state index is 12.2. The van der Waals surface area contributed by atoms with Gasteiger partial charge in [-0.1, -0.05) is 23.7 Å². The molecule has 1 aliphatic rings. The fourth-order valence-electron chi connectivity index (χ4n) is 2.40. The quantitative estimate of drug-likeness (QED) is 0.854. The number of methoxy groups -OCH3 is 1. The van der Waals surface area contributed by atoms with Crippen LogP contribution in [-0.4, -0.2) is 61.0 Å². The number of benzene rings is 1. The Labute approximate surface area is 134 Å². The second kappa shape index (κ2) is 7.58. The Morgan fingerprint density at radius 2 is 2.23 bits per heavy atom. The number of carbonyl (C=O) groups excluding carboxylic acids is 2. The predicted octanol–water partition coefficient (Wildman–Crippen LogP) is 0.485. The number of hydrogen-bond donors (Lipinski definition) is 1. The van der Waals surface area contributed by atoms with Crippen LogP contribution < -0.4 is 5.73 Å². The molecule has 0 aromatic heterocycles. The molecular weight excluding hydrogens is 306 g/mol. The summed E-state index contributed by atoms with van der Waals surface area (Å²) in [4.78, 5) is 27.5. The van der Waals surface area contributed by atoms with Gasteiger partial charge in [0.15, 0.2) is 0 Å². The molecule has 2 amide bonds. The molecule has 0 radical (unpaired) electrons. The maximum Gasteiger partial charge on any atom is 0.242 e. The molecule has 0 saturated carbocycles. The molecule has 2 rings (SSSR count). The molecule has 120 valence electrons. The molecule has 22 heavy (non-hydrogen) atoms. The van der Waals surface area contributed by atoms with Gasteiger partial charge in [0.1, 0.15) is 6.04 Å². The molecule has 0 spiro atoms. The van der Waals surface area contributed by atoms with Crippen molar-refractivity contribution >= 4 is 23.4 Å². The topological polar surface area (TPSA) is 75.9 Å². The number of ether oxygens (including phenoxy) is 1. The van der Waals surface area contributed by atoms with Gasteiger partial charge in [0.25, 0.3) is 0 Å². The Morgan fingerprint density at radius 1 is 1.45 bits per heavy atom. The monoisotopic (exact) mass is 325 g/mol. The van der Waals surface area contributed by atoms with E-state index < -0.39 is 6.04 Å². The van der Waals surface area contributed by atoms with Crippen LogP contribution >= 0.6 is 11.6 Å².